The van der Waals surface area contributed by atoms with Gasteiger partial charge in [0.1, 0.15) is 5.52 Å². The number of aromatic nitrogens is 2. The van der Waals surface area contributed by atoms with E-state index in [0.717, 1.165) is 16.8 Å². The zero-order chi connectivity index (χ0) is 15.3. The first kappa shape index (κ1) is 13.4. The highest BCUT2D eigenvalue weighted by Gasteiger charge is 2.12. The second kappa shape index (κ2) is 4.90. The van der Waals surface area contributed by atoms with Gasteiger partial charge in [0.05, 0.1) is 26.8 Å². The van der Waals surface area contributed by atoms with Crippen LogP contribution in [0.5, 0.6) is 0 Å². The molecule has 3 nitrogen and oxygen atoms in total. The summed E-state index contributed by atoms with van der Waals surface area (Å²) in [7, 11) is 0. The third-order valence-electron chi connectivity index (χ3n) is 3.71. The van der Waals surface area contributed by atoms with E-state index in [0.29, 0.717) is 21.1 Å². The number of halogens is 2. The monoisotopic (exact) mass is 328 g/mol. The number of rotatable bonds is 1. The molecule has 5 heteroatoms. The van der Waals surface area contributed by atoms with Crippen molar-refractivity contribution < 1.29 is 0 Å². The van der Waals surface area contributed by atoms with E-state index in [4.69, 9.17) is 23.2 Å². The van der Waals surface area contributed by atoms with Crippen molar-refractivity contribution in [1.82, 2.24) is 9.38 Å². The Balaban J connectivity index is 2.21. The van der Waals surface area contributed by atoms with E-state index < -0.39 is 0 Å². The van der Waals surface area contributed by atoms with E-state index in [2.05, 4.69) is 4.98 Å². The molecule has 0 atom stereocenters. The third kappa shape index (κ3) is 1.94. The lowest BCUT2D eigenvalue weighted by Gasteiger charge is -2.09. The largest absolute Gasteiger partial charge is 0.319 e. The maximum Gasteiger partial charge on any atom is 0.272 e. The van der Waals surface area contributed by atoms with E-state index in [9.17, 15) is 4.79 Å². The van der Waals surface area contributed by atoms with Crippen LogP contribution in [-0.4, -0.2) is 9.38 Å². The standard InChI is InChI=1S/C17H10Cl2N2O/c18-11-8-13-16(9-12(11)19)21-14(10-4-2-1-3-5-10)6-7-15(21)17(22)20-13/h1-9H,(H,20,22). The van der Waals surface area contributed by atoms with Gasteiger partial charge in [-0.25, -0.2) is 0 Å². The second-order valence-corrected chi connectivity index (χ2v) is 5.86. The van der Waals surface area contributed by atoms with Gasteiger partial charge in [-0.2, -0.15) is 0 Å². The highest BCUT2D eigenvalue weighted by atomic mass is 35.5. The molecule has 1 N–H and O–H groups in total. The van der Waals surface area contributed by atoms with Crippen molar-refractivity contribution in [3.05, 3.63) is 75.0 Å². The molecule has 2 heterocycles. The highest BCUT2D eigenvalue weighted by Crippen LogP contribution is 2.30. The number of benzene rings is 2. The minimum absolute atomic E-state index is 0.159. The number of nitrogens with zero attached hydrogens (tertiary/aromatic N) is 1. The number of hydrogen-bond donors (Lipinski definition) is 1. The normalized spacial score (nSPS) is 11.4. The van der Waals surface area contributed by atoms with Gasteiger partial charge in [-0.3, -0.25) is 4.79 Å². The van der Waals surface area contributed by atoms with Gasteiger partial charge in [0, 0.05) is 0 Å². The molecule has 0 aliphatic carbocycles. The van der Waals surface area contributed by atoms with Crippen LogP contribution in [0.4, 0.5) is 0 Å². The minimum Gasteiger partial charge on any atom is -0.319 e. The fourth-order valence-electron chi connectivity index (χ4n) is 2.72. The molecule has 0 radical (unpaired) electrons. The third-order valence-corrected chi connectivity index (χ3v) is 4.43. The van der Waals surface area contributed by atoms with E-state index in [1.807, 2.05) is 46.9 Å². The quantitative estimate of drug-likeness (QED) is 0.537. The van der Waals surface area contributed by atoms with Gasteiger partial charge < -0.3 is 9.38 Å². The number of hydrogen-bond acceptors (Lipinski definition) is 1. The van der Waals surface area contributed by atoms with Crippen LogP contribution in [0.15, 0.2) is 59.4 Å². The molecule has 22 heavy (non-hydrogen) atoms. The van der Waals surface area contributed by atoms with Crippen LogP contribution in [0.1, 0.15) is 0 Å². The maximum atomic E-state index is 12.3. The Morgan fingerprint density at radius 2 is 1.59 bits per heavy atom. The van der Waals surface area contributed by atoms with E-state index in [1.165, 1.54) is 0 Å². The first-order valence-corrected chi connectivity index (χ1v) is 7.48. The minimum atomic E-state index is -0.159. The molecule has 0 unspecified atom stereocenters. The summed E-state index contributed by atoms with van der Waals surface area (Å²) >= 11 is 12.2. The molecule has 0 saturated carbocycles. The van der Waals surface area contributed by atoms with Gasteiger partial charge in [-0.15, -0.1) is 0 Å². The van der Waals surface area contributed by atoms with Crippen molar-refractivity contribution in [2.75, 3.05) is 0 Å². The van der Waals surface area contributed by atoms with Gasteiger partial charge in [0.15, 0.2) is 0 Å². The van der Waals surface area contributed by atoms with Crippen LogP contribution < -0.4 is 5.56 Å². The Morgan fingerprint density at radius 3 is 2.36 bits per heavy atom. The molecule has 0 fully saturated rings. The van der Waals surface area contributed by atoms with Gasteiger partial charge in [-0.05, 0) is 29.8 Å². The Labute approximate surface area is 135 Å². The van der Waals surface area contributed by atoms with Gasteiger partial charge in [0.25, 0.3) is 5.56 Å². The van der Waals surface area contributed by atoms with Gasteiger partial charge >= 0.3 is 0 Å². The van der Waals surface area contributed by atoms with Gasteiger partial charge in [-0.1, -0.05) is 53.5 Å². The van der Waals surface area contributed by atoms with Crippen LogP contribution in [0, 0.1) is 0 Å². The summed E-state index contributed by atoms with van der Waals surface area (Å²) in [5, 5.41) is 0.868. The lowest BCUT2D eigenvalue weighted by Crippen LogP contribution is -2.10. The van der Waals surface area contributed by atoms with Crippen molar-refractivity contribution in [3.8, 4) is 11.3 Å². The predicted molar refractivity (Wildman–Crippen MR) is 91.0 cm³/mol. The van der Waals surface area contributed by atoms with Crippen molar-refractivity contribution in [1.29, 1.82) is 0 Å². The second-order valence-electron chi connectivity index (χ2n) is 5.04. The lowest BCUT2D eigenvalue weighted by molar-refractivity contribution is 1.19. The summed E-state index contributed by atoms with van der Waals surface area (Å²) in [4.78, 5) is 15.1. The van der Waals surface area contributed by atoms with Crippen LogP contribution >= 0.6 is 23.2 Å². The molecule has 0 aliphatic heterocycles. The van der Waals surface area contributed by atoms with Crippen LogP contribution in [0.3, 0.4) is 0 Å². The lowest BCUT2D eigenvalue weighted by atomic mass is 10.1. The van der Waals surface area contributed by atoms with E-state index in [-0.39, 0.29) is 5.56 Å². The Kier molecular flexibility index (Phi) is 2.99. The fourth-order valence-corrected chi connectivity index (χ4v) is 3.04. The Hall–Kier alpha value is -2.23. The van der Waals surface area contributed by atoms with Crippen molar-refractivity contribution >= 4 is 39.8 Å². The summed E-state index contributed by atoms with van der Waals surface area (Å²) in [5.74, 6) is 0. The first-order chi connectivity index (χ1) is 10.6. The number of fused-ring (bicyclic) bond motifs is 3. The number of H-pyrrole nitrogens is 1. The molecular formula is C17H10Cl2N2O. The number of aromatic amines is 1. The molecule has 0 aliphatic rings. The average Bonchev–Trinajstić information content (AvgIpc) is 2.96. The fraction of sp³-hybridized carbons (Fsp3) is 0. The molecule has 0 amide bonds. The highest BCUT2D eigenvalue weighted by molar-refractivity contribution is 6.42. The smallest absolute Gasteiger partial charge is 0.272 e. The van der Waals surface area contributed by atoms with Crippen LogP contribution in [0.25, 0.3) is 27.8 Å². The van der Waals surface area contributed by atoms with E-state index in [1.54, 1.807) is 12.1 Å². The summed E-state index contributed by atoms with van der Waals surface area (Å²) in [6.07, 6.45) is 0. The molecule has 2 aromatic heterocycles. The molecule has 0 bridgehead atoms. The summed E-state index contributed by atoms with van der Waals surface area (Å²) < 4.78 is 1.91. The average molecular weight is 329 g/mol. The van der Waals surface area contributed by atoms with Crippen molar-refractivity contribution in [3.63, 3.8) is 0 Å². The zero-order valence-corrected chi connectivity index (χ0v) is 12.8. The van der Waals surface area contributed by atoms with Crippen molar-refractivity contribution in [2.45, 2.75) is 0 Å². The molecule has 4 aromatic rings. The number of nitrogens with one attached hydrogen (secondary N) is 1. The Morgan fingerprint density at radius 1 is 0.864 bits per heavy atom. The molecular weight excluding hydrogens is 319 g/mol. The van der Waals surface area contributed by atoms with Crippen LogP contribution in [-0.2, 0) is 0 Å². The van der Waals surface area contributed by atoms with Gasteiger partial charge in [0.2, 0.25) is 0 Å². The predicted octanol–water partition coefficient (Wildman–Crippen LogP) is 4.75. The first-order valence-electron chi connectivity index (χ1n) is 6.73. The SMILES string of the molecule is O=c1[nH]c2cc(Cl)c(Cl)cc2n2c(-c3ccccc3)ccc12. The topological polar surface area (TPSA) is 37.3 Å². The summed E-state index contributed by atoms with van der Waals surface area (Å²) in [5.41, 5.74) is 3.84. The van der Waals surface area contributed by atoms with Crippen LogP contribution in [0.2, 0.25) is 10.0 Å². The Bertz CT molecular complexity index is 1060. The molecule has 108 valence electrons. The molecule has 0 saturated heterocycles. The zero-order valence-electron chi connectivity index (χ0n) is 11.3. The molecule has 4 rings (SSSR count). The maximum absolute atomic E-state index is 12.3. The molecule has 0 spiro atoms. The van der Waals surface area contributed by atoms with Crippen molar-refractivity contribution in [2.24, 2.45) is 0 Å². The molecule has 2 aromatic carbocycles. The summed E-state index contributed by atoms with van der Waals surface area (Å²) in [6.45, 7) is 0. The van der Waals surface area contributed by atoms with E-state index >= 15 is 0 Å². The summed E-state index contributed by atoms with van der Waals surface area (Å²) in [6, 6.07) is 17.1.